The van der Waals surface area contributed by atoms with Crippen LogP contribution in [0.1, 0.15) is 54.0 Å². The highest BCUT2D eigenvalue weighted by atomic mass is 28.3. The minimum atomic E-state index is -1.85. The lowest BCUT2D eigenvalue weighted by Gasteiger charge is -2.48. The molecular weight excluding hydrogens is 270 g/mol. The molecule has 21 heavy (non-hydrogen) atoms. The van der Waals surface area contributed by atoms with E-state index >= 15 is 0 Å². The zero-order valence-electron chi connectivity index (χ0n) is 14.5. The summed E-state index contributed by atoms with van der Waals surface area (Å²) in [5.41, 5.74) is 6.60. The van der Waals surface area contributed by atoms with Crippen molar-refractivity contribution < 1.29 is 0 Å². The van der Waals surface area contributed by atoms with E-state index in [-0.39, 0.29) is 10.1 Å². The minimum absolute atomic E-state index is 0.260. The van der Waals surface area contributed by atoms with Crippen LogP contribution in [0.5, 0.6) is 0 Å². The average molecular weight is 300 g/mol. The average Bonchev–Trinajstić information content (AvgIpc) is 2.80. The van der Waals surface area contributed by atoms with E-state index in [1.54, 1.807) is 0 Å². The zero-order chi connectivity index (χ0) is 15.9. The van der Waals surface area contributed by atoms with Crippen molar-refractivity contribution in [1.82, 2.24) is 4.98 Å². The Kier molecular flexibility index (Phi) is 3.96. The SMILES string of the molecule is C/C=C1\N[Si](C(C)(C)C)(C(C)(C)C)C=C1c1ccccc1. The Bertz CT molecular complexity index is 554. The first-order valence-electron chi connectivity index (χ1n) is 7.85. The fraction of sp³-hybridized carbons (Fsp3) is 0.474. The molecule has 0 fully saturated rings. The molecule has 1 aromatic carbocycles. The predicted molar refractivity (Wildman–Crippen MR) is 96.5 cm³/mol. The highest BCUT2D eigenvalue weighted by Crippen LogP contribution is 2.54. The van der Waals surface area contributed by atoms with E-state index in [2.05, 4.69) is 95.6 Å². The maximum absolute atomic E-state index is 3.99. The normalized spacial score (nSPS) is 20.3. The molecule has 0 unspecified atom stereocenters. The summed E-state index contributed by atoms with van der Waals surface area (Å²) >= 11 is 0. The lowest BCUT2D eigenvalue weighted by atomic mass is 10.1. The molecule has 0 amide bonds. The van der Waals surface area contributed by atoms with Crippen LogP contribution >= 0.6 is 0 Å². The Morgan fingerprint density at radius 2 is 1.43 bits per heavy atom. The third-order valence-electron chi connectivity index (χ3n) is 4.72. The number of allylic oxidation sites excluding steroid dienone is 2. The fourth-order valence-corrected chi connectivity index (χ4v) is 9.02. The van der Waals surface area contributed by atoms with Crippen LogP contribution in [-0.2, 0) is 0 Å². The number of hydrogen-bond donors (Lipinski definition) is 1. The van der Waals surface area contributed by atoms with E-state index < -0.39 is 8.24 Å². The van der Waals surface area contributed by atoms with Crippen LogP contribution < -0.4 is 4.98 Å². The predicted octanol–water partition coefficient (Wildman–Crippen LogP) is 5.66. The first-order chi connectivity index (χ1) is 9.62. The molecule has 0 atom stereocenters. The summed E-state index contributed by atoms with van der Waals surface area (Å²) in [6, 6.07) is 10.8. The van der Waals surface area contributed by atoms with Gasteiger partial charge < -0.3 is 4.98 Å². The molecule has 1 aliphatic rings. The largest absolute Gasteiger partial charge is 0.406 e. The number of benzene rings is 1. The van der Waals surface area contributed by atoms with Crippen molar-refractivity contribution in [3.05, 3.63) is 53.4 Å². The van der Waals surface area contributed by atoms with Crippen molar-refractivity contribution in [2.45, 2.75) is 58.5 Å². The van der Waals surface area contributed by atoms with Gasteiger partial charge in [-0.1, -0.05) is 83.6 Å². The van der Waals surface area contributed by atoms with Gasteiger partial charge >= 0.3 is 0 Å². The Balaban J connectivity index is 2.65. The van der Waals surface area contributed by atoms with E-state index in [9.17, 15) is 0 Å². The van der Waals surface area contributed by atoms with Gasteiger partial charge in [0.2, 0.25) is 0 Å². The van der Waals surface area contributed by atoms with E-state index in [1.165, 1.54) is 16.8 Å². The summed E-state index contributed by atoms with van der Waals surface area (Å²) in [6.07, 6.45) is 2.23. The quantitative estimate of drug-likeness (QED) is 0.660. The molecule has 2 rings (SSSR count). The standard InChI is InChI=1S/C19H29NSi/c1-8-17-16(15-12-10-9-11-13-15)14-21(20-17,18(2,3)4)19(5,6)7/h8-14,20H,1-7H3/b17-8-. The highest BCUT2D eigenvalue weighted by molar-refractivity contribution is 6.89. The third kappa shape index (κ3) is 2.62. The van der Waals surface area contributed by atoms with Gasteiger partial charge in [0.05, 0.1) is 0 Å². The molecular formula is C19H29NSi. The molecule has 0 saturated carbocycles. The van der Waals surface area contributed by atoms with Gasteiger partial charge in [0, 0.05) is 5.70 Å². The first kappa shape index (κ1) is 16.1. The van der Waals surface area contributed by atoms with Gasteiger partial charge in [-0.15, -0.1) is 0 Å². The van der Waals surface area contributed by atoms with Crippen LogP contribution in [0.15, 0.2) is 47.8 Å². The van der Waals surface area contributed by atoms with Crippen LogP contribution in [-0.4, -0.2) is 8.24 Å². The van der Waals surface area contributed by atoms with Gasteiger partial charge in [-0.25, -0.2) is 0 Å². The molecule has 1 aliphatic heterocycles. The number of nitrogens with one attached hydrogen (secondary N) is 1. The Labute approximate surface area is 131 Å². The lowest BCUT2D eigenvalue weighted by molar-refractivity contribution is 0.608. The second-order valence-electron chi connectivity index (χ2n) is 8.06. The molecule has 0 spiro atoms. The van der Waals surface area contributed by atoms with E-state index in [0.717, 1.165) is 0 Å². The zero-order valence-corrected chi connectivity index (χ0v) is 15.5. The summed E-state index contributed by atoms with van der Waals surface area (Å²) in [4.78, 5) is 3.99. The Morgan fingerprint density at radius 1 is 0.905 bits per heavy atom. The molecule has 0 radical (unpaired) electrons. The van der Waals surface area contributed by atoms with Crippen LogP contribution in [0, 0.1) is 0 Å². The van der Waals surface area contributed by atoms with Crippen LogP contribution in [0.25, 0.3) is 5.57 Å². The van der Waals surface area contributed by atoms with Crippen LogP contribution in [0.2, 0.25) is 10.1 Å². The second kappa shape index (κ2) is 5.17. The molecule has 1 heterocycles. The number of hydrogen-bond acceptors (Lipinski definition) is 1. The van der Waals surface area contributed by atoms with E-state index in [0.29, 0.717) is 0 Å². The molecule has 0 aromatic heterocycles. The van der Waals surface area contributed by atoms with Crippen LogP contribution in [0.3, 0.4) is 0 Å². The molecule has 0 bridgehead atoms. The summed E-state index contributed by atoms with van der Waals surface area (Å²) < 4.78 is 0. The molecule has 1 N–H and O–H groups in total. The van der Waals surface area contributed by atoms with Gasteiger partial charge in [-0.05, 0) is 28.1 Å². The van der Waals surface area contributed by atoms with Crippen molar-refractivity contribution in [1.29, 1.82) is 0 Å². The van der Waals surface area contributed by atoms with Gasteiger partial charge in [-0.3, -0.25) is 0 Å². The highest BCUT2D eigenvalue weighted by Gasteiger charge is 2.55. The van der Waals surface area contributed by atoms with Crippen molar-refractivity contribution in [3.63, 3.8) is 0 Å². The first-order valence-corrected chi connectivity index (χ1v) is 9.93. The molecule has 0 aliphatic carbocycles. The van der Waals surface area contributed by atoms with Gasteiger partial charge in [0.1, 0.15) is 0 Å². The third-order valence-corrected chi connectivity index (χ3v) is 10.8. The molecule has 2 heteroatoms. The molecule has 114 valence electrons. The topological polar surface area (TPSA) is 12.0 Å². The summed E-state index contributed by atoms with van der Waals surface area (Å²) in [7, 11) is -1.85. The van der Waals surface area contributed by atoms with Gasteiger partial charge in [0.15, 0.2) is 8.24 Å². The second-order valence-corrected chi connectivity index (χ2v) is 13.2. The Hall–Kier alpha value is -1.28. The van der Waals surface area contributed by atoms with Crippen molar-refractivity contribution in [2.24, 2.45) is 0 Å². The lowest BCUT2D eigenvalue weighted by Crippen LogP contribution is -2.59. The summed E-state index contributed by atoms with van der Waals surface area (Å²) in [5, 5.41) is 0.520. The molecule has 0 saturated heterocycles. The summed E-state index contributed by atoms with van der Waals surface area (Å²) in [5.74, 6) is 0. The van der Waals surface area contributed by atoms with E-state index in [1.807, 2.05) is 0 Å². The fourth-order valence-electron chi connectivity index (χ4n) is 3.63. The number of rotatable bonds is 1. The van der Waals surface area contributed by atoms with Gasteiger partial charge in [0.25, 0.3) is 0 Å². The van der Waals surface area contributed by atoms with Crippen molar-refractivity contribution >= 4 is 13.8 Å². The Morgan fingerprint density at radius 3 is 1.86 bits per heavy atom. The van der Waals surface area contributed by atoms with Gasteiger partial charge in [-0.2, -0.15) is 0 Å². The minimum Gasteiger partial charge on any atom is -0.406 e. The molecule has 1 nitrogen and oxygen atoms in total. The van der Waals surface area contributed by atoms with Crippen molar-refractivity contribution in [3.8, 4) is 0 Å². The maximum Gasteiger partial charge on any atom is 0.189 e. The maximum atomic E-state index is 3.99. The van der Waals surface area contributed by atoms with Crippen LogP contribution in [0.4, 0.5) is 0 Å². The molecule has 1 aromatic rings. The monoisotopic (exact) mass is 299 g/mol. The summed E-state index contributed by atoms with van der Waals surface area (Å²) in [6.45, 7) is 16.4. The van der Waals surface area contributed by atoms with E-state index in [4.69, 9.17) is 0 Å². The van der Waals surface area contributed by atoms with Crippen molar-refractivity contribution in [2.75, 3.05) is 0 Å². The smallest absolute Gasteiger partial charge is 0.189 e.